The molecule has 1 aliphatic heterocycles. The van der Waals surface area contributed by atoms with Crippen LogP contribution in [0.4, 0.5) is 0 Å². The van der Waals surface area contributed by atoms with E-state index in [1.165, 1.54) is 0 Å². The van der Waals surface area contributed by atoms with Gasteiger partial charge in [-0.1, -0.05) is 0 Å². The van der Waals surface area contributed by atoms with Crippen LogP contribution in [0.2, 0.25) is 0 Å². The Labute approximate surface area is 67.6 Å². The lowest BCUT2D eigenvalue weighted by Crippen LogP contribution is -2.49. The van der Waals surface area contributed by atoms with Gasteiger partial charge in [-0.05, 0) is 13.8 Å². The van der Waals surface area contributed by atoms with Crippen molar-refractivity contribution in [3.05, 3.63) is 0 Å². The van der Waals surface area contributed by atoms with Crippen molar-refractivity contribution in [1.29, 1.82) is 5.26 Å². The van der Waals surface area contributed by atoms with Crippen LogP contribution < -0.4 is 0 Å². The van der Waals surface area contributed by atoms with Gasteiger partial charge < -0.3 is 4.74 Å². The molecule has 1 rings (SSSR count). The normalized spacial score (nSPS) is 33.2. The molecule has 1 heterocycles. The van der Waals surface area contributed by atoms with E-state index in [4.69, 9.17) is 10.00 Å². The molecule has 0 aliphatic carbocycles. The van der Waals surface area contributed by atoms with Gasteiger partial charge in [-0.2, -0.15) is 5.26 Å². The van der Waals surface area contributed by atoms with Crippen LogP contribution in [0.3, 0.4) is 0 Å². The fraction of sp³-hybridized carbons (Fsp3) is 0.875. The Bertz CT molecular complexity index is 154. The van der Waals surface area contributed by atoms with Crippen LogP contribution in [0.15, 0.2) is 0 Å². The molecule has 3 nitrogen and oxygen atoms in total. The van der Waals surface area contributed by atoms with Gasteiger partial charge in [-0.15, -0.1) is 0 Å². The maximum Gasteiger partial charge on any atom is 0.0872 e. The summed E-state index contributed by atoms with van der Waals surface area (Å²) in [5.74, 6) is 0. The third-order valence-corrected chi connectivity index (χ3v) is 2.10. The standard InChI is InChI=1S/C8H14N2O/c1-7-5-11-6-8(2)10(7)4-3-9/h7-8H,4-6H2,1-2H3/t7-,8-/m1/s1. The summed E-state index contributed by atoms with van der Waals surface area (Å²) in [6.45, 7) is 6.21. The average Bonchev–Trinajstić information content (AvgIpc) is 1.97. The first-order chi connectivity index (χ1) is 5.25. The fourth-order valence-electron chi connectivity index (χ4n) is 1.43. The highest BCUT2D eigenvalue weighted by Crippen LogP contribution is 2.11. The highest BCUT2D eigenvalue weighted by Gasteiger charge is 2.24. The van der Waals surface area contributed by atoms with Gasteiger partial charge in [0.25, 0.3) is 0 Å². The molecular weight excluding hydrogens is 140 g/mol. The molecule has 11 heavy (non-hydrogen) atoms. The number of hydrogen-bond acceptors (Lipinski definition) is 3. The van der Waals surface area contributed by atoms with Crippen molar-refractivity contribution < 1.29 is 4.74 Å². The monoisotopic (exact) mass is 154 g/mol. The van der Waals surface area contributed by atoms with Crippen LogP contribution in [0.25, 0.3) is 0 Å². The SMILES string of the molecule is C[C@@H]1COC[C@@H](C)N1CC#N. The summed E-state index contributed by atoms with van der Waals surface area (Å²) in [6, 6.07) is 2.94. The zero-order valence-electron chi connectivity index (χ0n) is 7.08. The van der Waals surface area contributed by atoms with Crippen LogP contribution in [0.5, 0.6) is 0 Å². The molecule has 1 aliphatic rings. The summed E-state index contributed by atoms with van der Waals surface area (Å²) in [7, 11) is 0. The zero-order chi connectivity index (χ0) is 8.27. The Kier molecular flexibility index (Phi) is 2.86. The minimum Gasteiger partial charge on any atom is -0.378 e. The Morgan fingerprint density at radius 3 is 2.45 bits per heavy atom. The van der Waals surface area contributed by atoms with Gasteiger partial charge in [0.05, 0.1) is 25.8 Å². The average molecular weight is 154 g/mol. The summed E-state index contributed by atoms with van der Waals surface area (Å²) in [6.07, 6.45) is 0. The molecule has 1 saturated heterocycles. The third-order valence-electron chi connectivity index (χ3n) is 2.10. The van der Waals surface area contributed by atoms with Gasteiger partial charge in [0.1, 0.15) is 0 Å². The molecule has 0 amide bonds. The molecule has 3 heteroatoms. The second-order valence-electron chi connectivity index (χ2n) is 3.07. The Morgan fingerprint density at radius 1 is 1.45 bits per heavy atom. The summed E-state index contributed by atoms with van der Waals surface area (Å²) in [5, 5.41) is 8.52. The van der Waals surface area contributed by atoms with E-state index < -0.39 is 0 Å². The van der Waals surface area contributed by atoms with Crippen molar-refractivity contribution >= 4 is 0 Å². The predicted molar refractivity (Wildman–Crippen MR) is 42.1 cm³/mol. The molecule has 0 spiro atoms. The molecule has 0 aromatic carbocycles. The number of hydrogen-bond donors (Lipinski definition) is 0. The summed E-state index contributed by atoms with van der Waals surface area (Å²) in [5.41, 5.74) is 0. The molecule has 0 saturated carbocycles. The fourth-order valence-corrected chi connectivity index (χ4v) is 1.43. The first-order valence-corrected chi connectivity index (χ1v) is 3.96. The smallest absolute Gasteiger partial charge is 0.0872 e. The van der Waals surface area contributed by atoms with Gasteiger partial charge >= 0.3 is 0 Å². The zero-order valence-corrected chi connectivity index (χ0v) is 7.08. The van der Waals surface area contributed by atoms with Gasteiger partial charge in [-0.3, -0.25) is 4.90 Å². The number of nitriles is 1. The van der Waals surface area contributed by atoms with E-state index >= 15 is 0 Å². The van der Waals surface area contributed by atoms with E-state index in [0.29, 0.717) is 18.6 Å². The van der Waals surface area contributed by atoms with Crippen molar-refractivity contribution in [1.82, 2.24) is 4.90 Å². The lowest BCUT2D eigenvalue weighted by molar-refractivity contribution is -0.0298. The van der Waals surface area contributed by atoms with Crippen molar-refractivity contribution in [3.8, 4) is 6.07 Å². The second-order valence-corrected chi connectivity index (χ2v) is 3.07. The largest absolute Gasteiger partial charge is 0.378 e. The summed E-state index contributed by atoms with van der Waals surface area (Å²) in [4.78, 5) is 2.17. The molecule has 0 bridgehead atoms. The van der Waals surface area contributed by atoms with Gasteiger partial charge in [0.15, 0.2) is 0 Å². The molecule has 0 N–H and O–H groups in total. The molecule has 0 aromatic rings. The van der Waals surface area contributed by atoms with Crippen LogP contribution >= 0.6 is 0 Å². The quantitative estimate of drug-likeness (QED) is 0.519. The lowest BCUT2D eigenvalue weighted by Gasteiger charge is -2.36. The van der Waals surface area contributed by atoms with E-state index in [1.807, 2.05) is 0 Å². The molecule has 0 radical (unpaired) electrons. The maximum atomic E-state index is 8.52. The third kappa shape index (κ3) is 1.92. The van der Waals surface area contributed by atoms with Gasteiger partial charge in [0.2, 0.25) is 0 Å². The lowest BCUT2D eigenvalue weighted by atomic mass is 10.2. The number of nitrogens with zero attached hydrogens (tertiary/aromatic N) is 2. The predicted octanol–water partition coefficient (Wildman–Crippen LogP) is 0.619. The van der Waals surface area contributed by atoms with Crippen LogP contribution in [0, 0.1) is 11.3 Å². The van der Waals surface area contributed by atoms with Crippen LogP contribution in [0.1, 0.15) is 13.8 Å². The molecule has 2 atom stereocenters. The minimum atomic E-state index is 0.387. The van der Waals surface area contributed by atoms with Gasteiger partial charge in [0, 0.05) is 12.1 Å². The molecule has 62 valence electrons. The van der Waals surface area contributed by atoms with Crippen LogP contribution in [-0.4, -0.2) is 36.7 Å². The Balaban J connectivity index is 2.49. The molecule has 1 fully saturated rings. The molecule has 0 aromatic heterocycles. The van der Waals surface area contributed by atoms with Crippen molar-refractivity contribution in [3.63, 3.8) is 0 Å². The second kappa shape index (κ2) is 3.70. The van der Waals surface area contributed by atoms with Crippen molar-refractivity contribution in [2.45, 2.75) is 25.9 Å². The van der Waals surface area contributed by atoms with E-state index in [-0.39, 0.29) is 0 Å². The molecule has 0 unspecified atom stereocenters. The summed E-state index contributed by atoms with van der Waals surface area (Å²) >= 11 is 0. The molecular formula is C8H14N2O. The highest BCUT2D eigenvalue weighted by molar-refractivity contribution is 4.85. The van der Waals surface area contributed by atoms with Gasteiger partial charge in [-0.25, -0.2) is 0 Å². The number of ether oxygens (including phenoxy) is 1. The minimum absolute atomic E-state index is 0.387. The van der Waals surface area contributed by atoms with E-state index in [9.17, 15) is 0 Å². The van der Waals surface area contributed by atoms with Crippen LogP contribution in [-0.2, 0) is 4.74 Å². The Morgan fingerprint density at radius 2 is 2.00 bits per heavy atom. The summed E-state index contributed by atoms with van der Waals surface area (Å²) < 4.78 is 5.32. The van der Waals surface area contributed by atoms with E-state index in [1.54, 1.807) is 0 Å². The van der Waals surface area contributed by atoms with Crippen molar-refractivity contribution in [2.75, 3.05) is 19.8 Å². The number of rotatable bonds is 1. The Hall–Kier alpha value is -0.590. The van der Waals surface area contributed by atoms with Crippen molar-refractivity contribution in [2.24, 2.45) is 0 Å². The first-order valence-electron chi connectivity index (χ1n) is 3.96. The maximum absolute atomic E-state index is 8.52. The highest BCUT2D eigenvalue weighted by atomic mass is 16.5. The van der Waals surface area contributed by atoms with E-state index in [0.717, 1.165) is 13.2 Å². The topological polar surface area (TPSA) is 36.3 Å². The number of morpholine rings is 1. The van der Waals surface area contributed by atoms with E-state index in [2.05, 4.69) is 24.8 Å². The first kappa shape index (κ1) is 8.51.